The molecule has 0 aromatic carbocycles. The average Bonchev–Trinajstić information content (AvgIpc) is 3.07. The lowest BCUT2D eigenvalue weighted by atomic mass is 9.44. The molecule has 4 rings (SSSR count). The second kappa shape index (κ2) is 9.50. The Morgan fingerprint density at radius 3 is 2.58 bits per heavy atom. The van der Waals surface area contributed by atoms with Crippen molar-refractivity contribution in [2.45, 2.75) is 70.8 Å². The number of nitrogens with one attached hydrogen (secondary N) is 2. The number of alkyl halides is 1. The second-order valence-corrected chi connectivity index (χ2v) is 11.9. The van der Waals surface area contributed by atoms with Crippen molar-refractivity contribution in [3.05, 3.63) is 36.0 Å². The lowest BCUT2D eigenvalue weighted by Crippen LogP contribution is -2.69. The van der Waals surface area contributed by atoms with E-state index in [1.165, 1.54) is 6.92 Å². The first-order valence-corrected chi connectivity index (χ1v) is 13.1. The molecule has 9 nitrogen and oxygen atoms in total. The zero-order valence-electron chi connectivity index (χ0n) is 22.4. The highest BCUT2D eigenvalue weighted by molar-refractivity contribution is 6.06. The summed E-state index contributed by atoms with van der Waals surface area (Å²) in [5.74, 6) is -3.11. The van der Waals surface area contributed by atoms with E-state index in [0.717, 1.165) is 5.57 Å². The van der Waals surface area contributed by atoms with Crippen LogP contribution in [0.4, 0.5) is 4.39 Å². The van der Waals surface area contributed by atoms with Crippen LogP contribution >= 0.6 is 0 Å². The lowest BCUT2D eigenvalue weighted by Gasteiger charge is -2.62. The van der Waals surface area contributed by atoms with E-state index < -0.39 is 64.2 Å². The number of hydrogen-bond acceptors (Lipinski definition) is 7. The van der Waals surface area contributed by atoms with Gasteiger partial charge in [0.25, 0.3) is 5.91 Å². The number of hydrazone groups is 1. The fourth-order valence-corrected chi connectivity index (χ4v) is 7.82. The Bertz CT molecular complexity index is 1170. The fraction of sp³-hybridized carbons (Fsp3) is 0.643. The summed E-state index contributed by atoms with van der Waals surface area (Å²) >= 11 is 0. The molecule has 0 spiro atoms. The molecule has 0 saturated heterocycles. The monoisotopic (exact) mass is 531 g/mol. The van der Waals surface area contributed by atoms with Crippen molar-refractivity contribution in [3.8, 4) is 0 Å². The number of aliphatic hydroxyl groups excluding tert-OH is 2. The van der Waals surface area contributed by atoms with E-state index in [2.05, 4.69) is 22.4 Å². The minimum atomic E-state index is -2.05. The number of hydrogen-bond donors (Lipinski definition) is 5. The Labute approximate surface area is 221 Å². The first-order chi connectivity index (χ1) is 17.7. The summed E-state index contributed by atoms with van der Waals surface area (Å²) in [4.78, 5) is 36.4. The number of amides is 2. The van der Waals surface area contributed by atoms with E-state index in [9.17, 15) is 29.7 Å². The Morgan fingerprint density at radius 2 is 1.95 bits per heavy atom. The Kier molecular flexibility index (Phi) is 7.08. The summed E-state index contributed by atoms with van der Waals surface area (Å²) in [7, 11) is 0. The van der Waals surface area contributed by atoms with Crippen molar-refractivity contribution in [1.82, 2.24) is 10.7 Å². The first kappa shape index (κ1) is 28.3. The number of rotatable bonds is 6. The molecule has 0 bridgehead atoms. The van der Waals surface area contributed by atoms with Gasteiger partial charge >= 0.3 is 0 Å². The predicted molar refractivity (Wildman–Crippen MR) is 138 cm³/mol. The Morgan fingerprint density at radius 1 is 1.26 bits per heavy atom. The van der Waals surface area contributed by atoms with Crippen molar-refractivity contribution < 1.29 is 34.1 Å². The van der Waals surface area contributed by atoms with E-state index >= 15 is 4.39 Å². The van der Waals surface area contributed by atoms with Crippen LogP contribution in [0.2, 0.25) is 0 Å². The zero-order chi connectivity index (χ0) is 28.3. The highest BCUT2D eigenvalue weighted by atomic mass is 19.1. The molecule has 3 fully saturated rings. The number of ketones is 1. The lowest BCUT2D eigenvalue weighted by molar-refractivity contribution is -0.219. The molecular weight excluding hydrogens is 493 g/mol. The standard InChI is InChI=1S/C28H38FN3O6/c1-15(2)24(37)30-13-23(36)32-31-18-8-9-25(4)17(11-18)6-7-19-20-10-16(3)28(38,22(35)14-33)26(20,5)12-21(34)27(19,25)29/h8-9,11,16,19-21,33-34,38H,1,6-7,10,12-14H2,2-5H3,(H,30,37)(H,32,36)/b31-18+/t16-,19+,20+,21+,25+,26+,27+,28+/m1/s1. The molecule has 38 heavy (non-hydrogen) atoms. The fourth-order valence-electron chi connectivity index (χ4n) is 7.82. The summed E-state index contributed by atoms with van der Waals surface area (Å²) in [6.45, 7) is 9.20. The Balaban J connectivity index is 1.58. The third kappa shape index (κ3) is 3.83. The number of allylic oxidation sites excluding steroid dienone is 4. The van der Waals surface area contributed by atoms with Crippen LogP contribution in [-0.2, 0) is 14.4 Å². The van der Waals surface area contributed by atoms with Crippen LogP contribution in [0.25, 0.3) is 0 Å². The van der Waals surface area contributed by atoms with Gasteiger partial charge in [0.1, 0.15) is 12.2 Å². The van der Waals surface area contributed by atoms with Gasteiger partial charge < -0.3 is 20.6 Å². The highest BCUT2D eigenvalue weighted by Crippen LogP contribution is 2.70. The maximum atomic E-state index is 17.4. The van der Waals surface area contributed by atoms with Gasteiger partial charge in [0.2, 0.25) is 5.91 Å². The van der Waals surface area contributed by atoms with E-state index in [-0.39, 0.29) is 24.5 Å². The molecule has 10 heteroatoms. The zero-order valence-corrected chi connectivity index (χ0v) is 22.4. The smallest absolute Gasteiger partial charge is 0.259 e. The number of fused-ring (bicyclic) bond motifs is 5. The van der Waals surface area contributed by atoms with Crippen LogP contribution in [0.3, 0.4) is 0 Å². The molecule has 5 N–H and O–H groups in total. The predicted octanol–water partition coefficient (Wildman–Crippen LogP) is 1.49. The molecule has 8 atom stereocenters. The van der Waals surface area contributed by atoms with Crippen molar-refractivity contribution >= 4 is 23.3 Å². The summed E-state index contributed by atoms with van der Waals surface area (Å²) in [5, 5.41) is 39.0. The topological polar surface area (TPSA) is 148 Å². The van der Waals surface area contributed by atoms with Crippen molar-refractivity contribution in [2.24, 2.45) is 33.7 Å². The van der Waals surface area contributed by atoms with Crippen molar-refractivity contribution in [2.75, 3.05) is 13.2 Å². The highest BCUT2D eigenvalue weighted by Gasteiger charge is 2.75. The summed E-state index contributed by atoms with van der Waals surface area (Å²) in [6, 6.07) is 0. The van der Waals surface area contributed by atoms with E-state index in [4.69, 9.17) is 0 Å². The normalized spacial score (nSPS) is 42.4. The number of aliphatic hydroxyl groups is 3. The molecule has 4 aliphatic rings. The van der Waals surface area contributed by atoms with Crippen molar-refractivity contribution in [3.63, 3.8) is 0 Å². The number of carbonyl (C=O) groups is 3. The van der Waals surface area contributed by atoms with Gasteiger partial charge in [-0.15, -0.1) is 0 Å². The molecule has 208 valence electrons. The number of halogens is 1. The van der Waals surface area contributed by atoms with Crippen LogP contribution in [0.5, 0.6) is 0 Å². The molecule has 0 aliphatic heterocycles. The third-order valence-corrected chi connectivity index (χ3v) is 9.91. The molecule has 0 radical (unpaired) electrons. The van der Waals surface area contributed by atoms with Crippen LogP contribution in [-0.4, -0.2) is 69.2 Å². The number of Topliss-reactive ketones (excluding diaryl/α,β-unsaturated/α-hetero) is 1. The molecule has 0 aromatic heterocycles. The molecule has 0 aromatic rings. The molecular formula is C28H38FN3O6. The van der Waals surface area contributed by atoms with Gasteiger partial charge in [0.15, 0.2) is 11.5 Å². The van der Waals surface area contributed by atoms with E-state index in [0.29, 0.717) is 25.0 Å². The number of nitrogens with zero attached hydrogens (tertiary/aromatic N) is 1. The van der Waals surface area contributed by atoms with Gasteiger partial charge in [-0.2, -0.15) is 5.10 Å². The van der Waals surface area contributed by atoms with Crippen LogP contribution < -0.4 is 10.7 Å². The largest absolute Gasteiger partial charge is 0.390 e. The molecule has 0 unspecified atom stereocenters. The SMILES string of the molecule is C=C(C)C(=O)NCC(=O)N/N=C1\C=C[C@@]2(C)C(=C1)CC[C@H]1[C@@H]3C[C@@H](C)[C@](O)(C(=O)CO)[C@@]3(C)C[C@H](O)[C@@]12F. The minimum absolute atomic E-state index is 0.110. The molecule has 4 aliphatic carbocycles. The van der Waals surface area contributed by atoms with Crippen molar-refractivity contribution in [1.29, 1.82) is 0 Å². The van der Waals surface area contributed by atoms with Crippen LogP contribution in [0.1, 0.15) is 53.4 Å². The van der Waals surface area contributed by atoms with Gasteiger partial charge in [0.05, 0.1) is 18.4 Å². The summed E-state index contributed by atoms with van der Waals surface area (Å²) in [6.07, 6.45) is 4.77. The molecule has 0 heterocycles. The maximum Gasteiger partial charge on any atom is 0.259 e. The summed E-state index contributed by atoms with van der Waals surface area (Å²) in [5.41, 5.74) is -2.31. The van der Waals surface area contributed by atoms with Gasteiger partial charge in [-0.05, 0) is 63.5 Å². The number of carbonyl (C=O) groups excluding carboxylic acids is 3. The first-order valence-electron chi connectivity index (χ1n) is 13.1. The van der Waals surface area contributed by atoms with Gasteiger partial charge in [-0.25, -0.2) is 9.82 Å². The van der Waals surface area contributed by atoms with Crippen LogP contribution in [0, 0.1) is 28.6 Å². The van der Waals surface area contributed by atoms with E-state index in [1.54, 1.807) is 39.0 Å². The van der Waals surface area contributed by atoms with Gasteiger partial charge in [0, 0.05) is 22.3 Å². The van der Waals surface area contributed by atoms with Gasteiger partial charge in [-0.1, -0.05) is 32.1 Å². The average molecular weight is 532 g/mol. The maximum absolute atomic E-state index is 17.4. The summed E-state index contributed by atoms with van der Waals surface area (Å²) < 4.78 is 17.4. The van der Waals surface area contributed by atoms with Crippen LogP contribution in [0.15, 0.2) is 41.1 Å². The minimum Gasteiger partial charge on any atom is -0.390 e. The van der Waals surface area contributed by atoms with E-state index in [1.807, 2.05) is 0 Å². The Hall–Kier alpha value is -2.69. The second-order valence-electron chi connectivity index (χ2n) is 11.9. The molecule has 3 saturated carbocycles. The van der Waals surface area contributed by atoms with Gasteiger partial charge in [-0.3, -0.25) is 14.4 Å². The molecule has 2 amide bonds. The quantitative estimate of drug-likeness (QED) is 0.259. The third-order valence-electron chi connectivity index (χ3n) is 9.91.